The molecule has 1 aliphatic rings. The molecule has 0 spiro atoms. The quantitative estimate of drug-likeness (QED) is 0.218. The molecular weight excluding hydrogens is 495 g/mol. The van der Waals surface area contributed by atoms with Gasteiger partial charge in [0, 0.05) is 45.0 Å². The third-order valence-corrected chi connectivity index (χ3v) is 5.05. The van der Waals surface area contributed by atoms with E-state index < -0.39 is 9.84 Å². The van der Waals surface area contributed by atoms with Gasteiger partial charge in [0.05, 0.1) is 19.0 Å². The number of halogens is 1. The van der Waals surface area contributed by atoms with Crippen molar-refractivity contribution in [1.29, 1.82) is 0 Å². The van der Waals surface area contributed by atoms with Crippen LogP contribution in [0, 0.1) is 0 Å². The molecule has 0 aromatic heterocycles. The summed E-state index contributed by atoms with van der Waals surface area (Å²) in [5.74, 6) is 0.851. The highest BCUT2D eigenvalue weighted by molar-refractivity contribution is 14.0. The fourth-order valence-corrected chi connectivity index (χ4v) is 3.10. The highest BCUT2D eigenvalue weighted by atomic mass is 127. The molecule has 0 atom stereocenters. The number of ether oxygens (including phenoxy) is 1. The van der Waals surface area contributed by atoms with Crippen LogP contribution in [0.4, 0.5) is 5.69 Å². The summed E-state index contributed by atoms with van der Waals surface area (Å²) in [6.45, 7) is 2.51. The number of hydrogen-bond acceptors (Lipinski definition) is 5. The van der Waals surface area contributed by atoms with Gasteiger partial charge in [-0.15, -0.1) is 24.0 Å². The third kappa shape index (κ3) is 8.74. The van der Waals surface area contributed by atoms with Crippen LogP contribution in [0.1, 0.15) is 18.4 Å². The predicted octanol–water partition coefficient (Wildman–Crippen LogP) is 1.16. The fourth-order valence-electron chi connectivity index (χ4n) is 2.68. The van der Waals surface area contributed by atoms with E-state index in [0.717, 1.165) is 24.2 Å². The summed E-state index contributed by atoms with van der Waals surface area (Å²) >= 11 is 0. The van der Waals surface area contributed by atoms with Gasteiger partial charge in [0.1, 0.15) is 9.84 Å². The number of carbonyl (C=O) groups excluding carboxylic acids is 1. The molecule has 2 rings (SSSR count). The van der Waals surface area contributed by atoms with Gasteiger partial charge in [-0.25, -0.2) is 8.42 Å². The largest absolute Gasteiger partial charge is 0.379 e. The monoisotopic (exact) mass is 524 g/mol. The van der Waals surface area contributed by atoms with Gasteiger partial charge in [0.2, 0.25) is 5.91 Å². The molecule has 1 aromatic rings. The minimum absolute atomic E-state index is 0. The zero-order chi connectivity index (χ0) is 19.7. The number of guanidine groups is 1. The van der Waals surface area contributed by atoms with Crippen molar-refractivity contribution in [2.45, 2.75) is 19.4 Å². The number of amides is 1. The first kappa shape index (κ1) is 24.6. The molecule has 1 fully saturated rings. The first-order chi connectivity index (χ1) is 12.9. The summed E-state index contributed by atoms with van der Waals surface area (Å²) in [7, 11) is -1.30. The number of benzene rings is 1. The average Bonchev–Trinajstić information content (AvgIpc) is 3.06. The molecule has 1 aliphatic heterocycles. The number of nitrogens with one attached hydrogen (secondary N) is 2. The average molecular weight is 524 g/mol. The van der Waals surface area contributed by atoms with E-state index in [1.807, 2.05) is 29.2 Å². The number of carbonyl (C=O) groups is 1. The fraction of sp³-hybridized carbons (Fsp3) is 0.556. The molecule has 1 heterocycles. The second kappa shape index (κ2) is 12.2. The number of aliphatic imine (C=N–C) groups is 1. The van der Waals surface area contributed by atoms with Crippen molar-refractivity contribution in [3.05, 3.63) is 29.8 Å². The van der Waals surface area contributed by atoms with Gasteiger partial charge < -0.3 is 20.3 Å². The van der Waals surface area contributed by atoms with Crippen LogP contribution >= 0.6 is 24.0 Å². The molecule has 0 saturated carbocycles. The molecule has 158 valence electrons. The zero-order valence-corrected chi connectivity index (χ0v) is 19.5. The molecule has 0 radical (unpaired) electrons. The molecule has 0 bridgehead atoms. The highest BCUT2D eigenvalue weighted by Gasteiger charge is 2.21. The topological polar surface area (TPSA) is 100 Å². The minimum atomic E-state index is -2.99. The molecule has 0 aliphatic carbocycles. The SMILES string of the molecule is CN=C(NCCOCCS(C)(=O)=O)NCc1ccc(N2CCCC2=O)cc1.I. The molecule has 0 unspecified atom stereocenters. The second-order valence-electron chi connectivity index (χ2n) is 6.41. The third-order valence-electron chi connectivity index (χ3n) is 4.14. The van der Waals surface area contributed by atoms with Gasteiger partial charge in [0.15, 0.2) is 5.96 Å². The predicted molar refractivity (Wildman–Crippen MR) is 122 cm³/mol. The van der Waals surface area contributed by atoms with Crippen LogP contribution in [0.25, 0.3) is 0 Å². The van der Waals surface area contributed by atoms with Crippen molar-refractivity contribution in [2.75, 3.05) is 50.3 Å². The Morgan fingerprint density at radius 1 is 1.21 bits per heavy atom. The van der Waals surface area contributed by atoms with Gasteiger partial charge in [0.25, 0.3) is 0 Å². The summed E-state index contributed by atoms with van der Waals surface area (Å²) in [4.78, 5) is 17.7. The van der Waals surface area contributed by atoms with Crippen molar-refractivity contribution in [2.24, 2.45) is 4.99 Å². The normalized spacial score (nSPS) is 14.7. The molecule has 10 heteroatoms. The van der Waals surface area contributed by atoms with Gasteiger partial charge >= 0.3 is 0 Å². The maximum atomic E-state index is 11.8. The van der Waals surface area contributed by atoms with E-state index in [1.54, 1.807) is 7.05 Å². The first-order valence-corrected chi connectivity index (χ1v) is 11.0. The Bertz CT molecular complexity index is 753. The molecular formula is C18H29IN4O4S. The summed E-state index contributed by atoms with van der Waals surface area (Å²) in [5.41, 5.74) is 2.02. The number of nitrogens with zero attached hydrogens (tertiary/aromatic N) is 2. The number of rotatable bonds is 9. The molecule has 2 N–H and O–H groups in total. The lowest BCUT2D eigenvalue weighted by molar-refractivity contribution is -0.117. The van der Waals surface area contributed by atoms with Crippen LogP contribution in [-0.2, 0) is 25.9 Å². The van der Waals surface area contributed by atoms with E-state index >= 15 is 0 Å². The van der Waals surface area contributed by atoms with E-state index in [1.165, 1.54) is 6.26 Å². The van der Waals surface area contributed by atoms with Crippen LogP contribution in [-0.4, -0.2) is 65.6 Å². The number of hydrogen-bond donors (Lipinski definition) is 2. The van der Waals surface area contributed by atoms with Crippen molar-refractivity contribution in [3.8, 4) is 0 Å². The maximum absolute atomic E-state index is 11.8. The molecule has 1 saturated heterocycles. The van der Waals surface area contributed by atoms with Gasteiger partial charge in [-0.2, -0.15) is 0 Å². The number of anilines is 1. The Kier molecular flexibility index (Phi) is 10.8. The zero-order valence-electron chi connectivity index (χ0n) is 16.3. The van der Waals surface area contributed by atoms with E-state index in [2.05, 4.69) is 15.6 Å². The summed E-state index contributed by atoms with van der Waals surface area (Å²) < 4.78 is 27.3. The van der Waals surface area contributed by atoms with E-state index in [9.17, 15) is 13.2 Å². The Morgan fingerprint density at radius 2 is 1.93 bits per heavy atom. The van der Waals surface area contributed by atoms with Gasteiger partial charge in [-0.3, -0.25) is 9.79 Å². The molecule has 1 aromatic carbocycles. The van der Waals surface area contributed by atoms with Gasteiger partial charge in [-0.1, -0.05) is 12.1 Å². The number of sulfone groups is 1. The van der Waals surface area contributed by atoms with Crippen LogP contribution < -0.4 is 15.5 Å². The molecule has 8 nitrogen and oxygen atoms in total. The maximum Gasteiger partial charge on any atom is 0.227 e. The van der Waals surface area contributed by atoms with Crippen molar-refractivity contribution >= 4 is 51.4 Å². The highest BCUT2D eigenvalue weighted by Crippen LogP contribution is 2.21. The Morgan fingerprint density at radius 3 is 2.50 bits per heavy atom. The van der Waals surface area contributed by atoms with Crippen LogP contribution in [0.3, 0.4) is 0 Å². The van der Waals surface area contributed by atoms with Crippen molar-refractivity contribution < 1.29 is 17.9 Å². The van der Waals surface area contributed by atoms with Crippen molar-refractivity contribution in [3.63, 3.8) is 0 Å². The first-order valence-electron chi connectivity index (χ1n) is 8.98. The Hall–Kier alpha value is -1.40. The summed E-state index contributed by atoms with van der Waals surface area (Å²) in [5, 5.41) is 6.32. The summed E-state index contributed by atoms with van der Waals surface area (Å²) in [6.07, 6.45) is 2.74. The van der Waals surface area contributed by atoms with E-state index in [-0.39, 0.29) is 42.2 Å². The van der Waals surface area contributed by atoms with Crippen LogP contribution in [0.15, 0.2) is 29.3 Å². The Balaban J connectivity index is 0.00000392. The van der Waals surface area contributed by atoms with Crippen molar-refractivity contribution in [1.82, 2.24) is 10.6 Å². The summed E-state index contributed by atoms with van der Waals surface area (Å²) in [6, 6.07) is 7.92. The van der Waals surface area contributed by atoms with Crippen LogP contribution in [0.5, 0.6) is 0 Å². The standard InChI is InChI=1S/C18H28N4O4S.HI/c1-19-18(20-9-11-26-12-13-27(2,24)25)21-14-15-5-7-16(8-6-15)22-10-3-4-17(22)23;/h5-8H,3-4,9-14H2,1-2H3,(H2,19,20,21);1H. The second-order valence-corrected chi connectivity index (χ2v) is 8.67. The lowest BCUT2D eigenvalue weighted by atomic mass is 10.2. The lowest BCUT2D eigenvalue weighted by Gasteiger charge is -2.16. The van der Waals surface area contributed by atoms with Gasteiger partial charge in [-0.05, 0) is 24.1 Å². The van der Waals surface area contributed by atoms with Crippen LogP contribution in [0.2, 0.25) is 0 Å². The molecule has 28 heavy (non-hydrogen) atoms. The molecule has 1 amide bonds. The lowest BCUT2D eigenvalue weighted by Crippen LogP contribution is -2.38. The van der Waals surface area contributed by atoms with E-state index in [4.69, 9.17) is 4.74 Å². The Labute approximate surface area is 184 Å². The van der Waals surface area contributed by atoms with E-state index in [0.29, 0.717) is 32.1 Å². The minimum Gasteiger partial charge on any atom is -0.379 e. The smallest absolute Gasteiger partial charge is 0.227 e.